The Labute approximate surface area is 79.4 Å². The van der Waals surface area contributed by atoms with Crippen molar-refractivity contribution in [2.45, 2.75) is 25.9 Å². The zero-order valence-corrected chi connectivity index (χ0v) is 8.03. The van der Waals surface area contributed by atoms with E-state index in [-0.39, 0.29) is 6.54 Å². The van der Waals surface area contributed by atoms with Gasteiger partial charge in [-0.05, 0) is 17.5 Å². The Bertz CT molecular complexity index is 243. The van der Waals surface area contributed by atoms with Gasteiger partial charge in [0.1, 0.15) is 0 Å². The third-order valence-corrected chi connectivity index (χ3v) is 2.13. The molecule has 0 aliphatic carbocycles. The first-order valence-electron chi connectivity index (χ1n) is 4.75. The Kier molecular flexibility index (Phi) is 3.93. The van der Waals surface area contributed by atoms with Gasteiger partial charge in [-0.3, -0.25) is 0 Å². The lowest BCUT2D eigenvalue weighted by molar-refractivity contribution is 0.186. The molecule has 0 aliphatic rings. The Morgan fingerprint density at radius 3 is 2.38 bits per heavy atom. The monoisotopic (exact) mass is 179 g/mol. The van der Waals surface area contributed by atoms with Crippen LogP contribution >= 0.6 is 0 Å². The quantitative estimate of drug-likeness (QED) is 0.738. The molecule has 0 heterocycles. The second-order valence-corrected chi connectivity index (χ2v) is 3.24. The van der Waals surface area contributed by atoms with Crippen LogP contribution in [0.5, 0.6) is 0 Å². The number of benzene rings is 1. The lowest BCUT2D eigenvalue weighted by Crippen LogP contribution is -2.11. The van der Waals surface area contributed by atoms with Gasteiger partial charge in [0.25, 0.3) is 0 Å². The van der Waals surface area contributed by atoms with E-state index in [0.717, 1.165) is 18.4 Å². The van der Waals surface area contributed by atoms with Gasteiger partial charge in [-0.25, -0.2) is 0 Å². The Morgan fingerprint density at radius 2 is 1.92 bits per heavy atom. The first kappa shape index (κ1) is 10.2. The van der Waals surface area contributed by atoms with E-state index in [4.69, 9.17) is 5.73 Å². The summed E-state index contributed by atoms with van der Waals surface area (Å²) in [7, 11) is 0. The van der Waals surface area contributed by atoms with Gasteiger partial charge in [0, 0.05) is 6.54 Å². The molecule has 3 N–H and O–H groups in total. The van der Waals surface area contributed by atoms with Crippen molar-refractivity contribution in [3.63, 3.8) is 0 Å². The summed E-state index contributed by atoms with van der Waals surface area (Å²) in [5, 5.41) is 9.43. The molecule has 2 heteroatoms. The minimum atomic E-state index is -0.518. The topological polar surface area (TPSA) is 46.2 Å². The molecule has 0 aromatic heterocycles. The summed E-state index contributed by atoms with van der Waals surface area (Å²) in [4.78, 5) is 0. The van der Waals surface area contributed by atoms with Crippen molar-refractivity contribution in [1.82, 2.24) is 0 Å². The van der Waals surface area contributed by atoms with Crippen LogP contribution in [0.3, 0.4) is 0 Å². The smallest absolute Gasteiger partial charge is 0.0912 e. The molecule has 1 aromatic carbocycles. The van der Waals surface area contributed by atoms with Crippen molar-refractivity contribution in [1.29, 1.82) is 0 Å². The normalized spacial score (nSPS) is 12.8. The lowest BCUT2D eigenvalue weighted by Gasteiger charge is -2.08. The van der Waals surface area contributed by atoms with E-state index in [9.17, 15) is 5.11 Å². The van der Waals surface area contributed by atoms with Gasteiger partial charge in [0.15, 0.2) is 0 Å². The third-order valence-electron chi connectivity index (χ3n) is 2.13. The van der Waals surface area contributed by atoms with Crippen LogP contribution in [-0.2, 0) is 6.42 Å². The van der Waals surface area contributed by atoms with E-state index in [1.54, 1.807) is 0 Å². The Hall–Kier alpha value is -0.860. The van der Waals surface area contributed by atoms with Gasteiger partial charge in [-0.1, -0.05) is 37.6 Å². The van der Waals surface area contributed by atoms with Gasteiger partial charge >= 0.3 is 0 Å². The summed E-state index contributed by atoms with van der Waals surface area (Å²) in [6, 6.07) is 8.00. The fraction of sp³-hybridized carbons (Fsp3) is 0.455. The molecule has 1 rings (SSSR count). The van der Waals surface area contributed by atoms with Crippen LogP contribution in [-0.4, -0.2) is 11.7 Å². The minimum Gasteiger partial charge on any atom is -0.387 e. The van der Waals surface area contributed by atoms with Crippen LogP contribution in [0.15, 0.2) is 24.3 Å². The molecule has 0 saturated heterocycles. The maximum atomic E-state index is 9.43. The highest BCUT2D eigenvalue weighted by Gasteiger charge is 2.03. The van der Waals surface area contributed by atoms with Crippen molar-refractivity contribution in [3.8, 4) is 0 Å². The number of hydrogen-bond donors (Lipinski definition) is 2. The van der Waals surface area contributed by atoms with Gasteiger partial charge < -0.3 is 10.8 Å². The minimum absolute atomic E-state index is 0.285. The van der Waals surface area contributed by atoms with Crippen molar-refractivity contribution in [2.24, 2.45) is 5.73 Å². The molecule has 0 bridgehead atoms. The summed E-state index contributed by atoms with van der Waals surface area (Å²) in [5.41, 5.74) is 7.57. The summed E-state index contributed by atoms with van der Waals surface area (Å²) in [6.07, 6.45) is 1.73. The predicted octanol–water partition coefficient (Wildman–Crippen LogP) is 1.63. The summed E-state index contributed by atoms with van der Waals surface area (Å²) in [6.45, 7) is 2.44. The highest BCUT2D eigenvalue weighted by molar-refractivity contribution is 5.24. The summed E-state index contributed by atoms with van der Waals surface area (Å²) in [5.74, 6) is 0. The standard InChI is InChI=1S/C11H17NO/c1-2-3-9-4-6-10(7-5-9)11(13)8-12/h4-7,11,13H,2-3,8,12H2,1H3/t11-/m0/s1. The van der Waals surface area contributed by atoms with E-state index in [0.29, 0.717) is 0 Å². The third kappa shape index (κ3) is 2.83. The van der Waals surface area contributed by atoms with Gasteiger partial charge in [-0.2, -0.15) is 0 Å². The highest BCUT2D eigenvalue weighted by Crippen LogP contribution is 2.13. The molecule has 0 fully saturated rings. The van der Waals surface area contributed by atoms with Crippen molar-refractivity contribution in [2.75, 3.05) is 6.54 Å². The van der Waals surface area contributed by atoms with E-state index < -0.39 is 6.10 Å². The van der Waals surface area contributed by atoms with Crippen LogP contribution in [0.4, 0.5) is 0 Å². The van der Waals surface area contributed by atoms with Crippen molar-refractivity contribution >= 4 is 0 Å². The molecule has 0 spiro atoms. The first-order valence-corrected chi connectivity index (χ1v) is 4.75. The second kappa shape index (κ2) is 5.00. The van der Waals surface area contributed by atoms with Crippen molar-refractivity contribution < 1.29 is 5.11 Å². The van der Waals surface area contributed by atoms with Gasteiger partial charge in [-0.15, -0.1) is 0 Å². The molecule has 13 heavy (non-hydrogen) atoms. The molecule has 2 nitrogen and oxygen atoms in total. The molecule has 0 saturated carbocycles. The Balaban J connectivity index is 2.69. The lowest BCUT2D eigenvalue weighted by atomic mass is 10.0. The SMILES string of the molecule is CCCc1ccc([C@@H](O)CN)cc1. The Morgan fingerprint density at radius 1 is 1.31 bits per heavy atom. The van der Waals surface area contributed by atoms with Crippen LogP contribution in [0.2, 0.25) is 0 Å². The van der Waals surface area contributed by atoms with Gasteiger partial charge in [0.05, 0.1) is 6.10 Å². The number of hydrogen-bond acceptors (Lipinski definition) is 2. The average Bonchev–Trinajstić information content (AvgIpc) is 2.18. The molecule has 1 aromatic rings. The molecule has 0 aliphatic heterocycles. The molecule has 1 atom stereocenters. The van der Waals surface area contributed by atoms with E-state index in [1.807, 2.05) is 12.1 Å². The fourth-order valence-electron chi connectivity index (χ4n) is 1.33. The molecule has 0 unspecified atom stereocenters. The number of aliphatic hydroxyl groups excluding tert-OH is 1. The molecule has 72 valence electrons. The molecular formula is C11H17NO. The maximum Gasteiger partial charge on any atom is 0.0912 e. The van der Waals surface area contributed by atoms with E-state index >= 15 is 0 Å². The van der Waals surface area contributed by atoms with Crippen LogP contribution in [0, 0.1) is 0 Å². The second-order valence-electron chi connectivity index (χ2n) is 3.24. The fourth-order valence-corrected chi connectivity index (χ4v) is 1.33. The predicted molar refractivity (Wildman–Crippen MR) is 54.5 cm³/mol. The van der Waals surface area contributed by atoms with E-state index in [2.05, 4.69) is 19.1 Å². The zero-order chi connectivity index (χ0) is 9.68. The number of rotatable bonds is 4. The molecular weight excluding hydrogens is 162 g/mol. The number of nitrogens with two attached hydrogens (primary N) is 1. The zero-order valence-electron chi connectivity index (χ0n) is 8.03. The van der Waals surface area contributed by atoms with Crippen LogP contribution < -0.4 is 5.73 Å². The van der Waals surface area contributed by atoms with Crippen molar-refractivity contribution in [3.05, 3.63) is 35.4 Å². The molecule has 0 radical (unpaired) electrons. The summed E-state index contributed by atoms with van der Waals surface area (Å²) >= 11 is 0. The number of aliphatic hydroxyl groups is 1. The van der Waals surface area contributed by atoms with Gasteiger partial charge in [0.2, 0.25) is 0 Å². The van der Waals surface area contributed by atoms with E-state index in [1.165, 1.54) is 5.56 Å². The van der Waals surface area contributed by atoms with Crippen LogP contribution in [0.25, 0.3) is 0 Å². The average molecular weight is 179 g/mol. The molecule has 0 amide bonds. The summed E-state index contributed by atoms with van der Waals surface area (Å²) < 4.78 is 0. The maximum absolute atomic E-state index is 9.43. The highest BCUT2D eigenvalue weighted by atomic mass is 16.3. The largest absolute Gasteiger partial charge is 0.387 e. The first-order chi connectivity index (χ1) is 6.27. The van der Waals surface area contributed by atoms with Crippen LogP contribution in [0.1, 0.15) is 30.6 Å². The number of aryl methyl sites for hydroxylation is 1.